The lowest BCUT2D eigenvalue weighted by molar-refractivity contribution is -0.384. The van der Waals surface area contributed by atoms with Gasteiger partial charge in [0.1, 0.15) is 12.6 Å². The molecule has 1 fully saturated rings. The Bertz CT molecular complexity index is 474. The number of aliphatic hydroxyl groups is 1. The number of non-ortho nitro benzene ring substituents is 1. The second-order valence-corrected chi connectivity index (χ2v) is 4.38. The Kier molecular flexibility index (Phi) is 4.08. The quantitative estimate of drug-likeness (QED) is 0.463. The number of nitrogens with zero attached hydrogens (tertiary/aromatic N) is 1. The van der Waals surface area contributed by atoms with Crippen molar-refractivity contribution >= 4 is 11.7 Å². The molecular formula is C12H14N2O5. The normalized spacial score (nSPS) is 22.2. The minimum absolute atomic E-state index is 0.00402. The Morgan fingerprint density at radius 3 is 2.68 bits per heavy atom. The topological polar surface area (TPSA) is 102 Å². The first kappa shape index (κ1) is 13.4. The van der Waals surface area contributed by atoms with Crippen LogP contribution in [0, 0.1) is 10.1 Å². The highest BCUT2D eigenvalue weighted by molar-refractivity contribution is 5.76. The number of hydrogen-bond donors (Lipinski definition) is 2. The molecule has 0 bridgehead atoms. The molecule has 1 aliphatic rings. The molecule has 1 aromatic carbocycles. The number of rotatable bonds is 4. The summed E-state index contributed by atoms with van der Waals surface area (Å²) in [5, 5.41) is 22.6. The van der Waals surface area contributed by atoms with Gasteiger partial charge in [-0.25, -0.2) is 0 Å². The lowest BCUT2D eigenvalue weighted by Crippen LogP contribution is -2.32. The SMILES string of the molecule is O=C(OCc1ccc([N+](=O)[O-])cc1)[C@@H]1C[C@@H](O)CN1. The van der Waals surface area contributed by atoms with Gasteiger partial charge in [0.2, 0.25) is 0 Å². The van der Waals surface area contributed by atoms with Crippen LogP contribution >= 0.6 is 0 Å². The summed E-state index contributed by atoms with van der Waals surface area (Å²) in [6.07, 6.45) is -0.170. The maximum absolute atomic E-state index is 11.6. The molecule has 102 valence electrons. The molecule has 0 saturated carbocycles. The Morgan fingerprint density at radius 1 is 1.47 bits per heavy atom. The molecule has 0 unspecified atom stereocenters. The van der Waals surface area contributed by atoms with Crippen LogP contribution < -0.4 is 5.32 Å². The van der Waals surface area contributed by atoms with Crippen molar-refractivity contribution in [3.05, 3.63) is 39.9 Å². The van der Waals surface area contributed by atoms with Crippen LogP contribution in [0.25, 0.3) is 0 Å². The first-order valence-corrected chi connectivity index (χ1v) is 5.87. The van der Waals surface area contributed by atoms with E-state index in [2.05, 4.69) is 5.32 Å². The Morgan fingerprint density at radius 2 is 2.16 bits per heavy atom. The second kappa shape index (κ2) is 5.77. The number of nitrogens with one attached hydrogen (secondary N) is 1. The molecule has 1 heterocycles. The Balaban J connectivity index is 1.85. The van der Waals surface area contributed by atoms with Gasteiger partial charge in [-0.3, -0.25) is 14.9 Å². The van der Waals surface area contributed by atoms with E-state index >= 15 is 0 Å². The summed E-state index contributed by atoms with van der Waals surface area (Å²) < 4.78 is 5.08. The van der Waals surface area contributed by atoms with E-state index in [0.717, 1.165) is 0 Å². The third kappa shape index (κ3) is 3.49. The zero-order valence-corrected chi connectivity index (χ0v) is 10.1. The molecule has 2 N–H and O–H groups in total. The van der Waals surface area contributed by atoms with Crippen LogP contribution in [0.4, 0.5) is 5.69 Å². The maximum atomic E-state index is 11.6. The molecule has 2 rings (SSSR count). The maximum Gasteiger partial charge on any atom is 0.323 e. The molecule has 1 aromatic rings. The van der Waals surface area contributed by atoms with Gasteiger partial charge in [0, 0.05) is 25.1 Å². The van der Waals surface area contributed by atoms with Crippen molar-refractivity contribution in [3.63, 3.8) is 0 Å². The smallest absolute Gasteiger partial charge is 0.323 e. The Hall–Kier alpha value is -1.99. The summed E-state index contributed by atoms with van der Waals surface area (Å²) in [4.78, 5) is 21.6. The highest BCUT2D eigenvalue weighted by atomic mass is 16.6. The van der Waals surface area contributed by atoms with E-state index in [1.54, 1.807) is 12.1 Å². The zero-order chi connectivity index (χ0) is 13.8. The van der Waals surface area contributed by atoms with Gasteiger partial charge in [-0.05, 0) is 17.7 Å². The molecule has 1 saturated heterocycles. The molecule has 19 heavy (non-hydrogen) atoms. The molecule has 1 aliphatic heterocycles. The summed E-state index contributed by atoms with van der Waals surface area (Å²) in [5.41, 5.74) is 0.674. The lowest BCUT2D eigenvalue weighted by Gasteiger charge is -2.10. The number of β-amino-alcohol motifs (C(OH)–C–C–N with tert-alkyl or cyclic N) is 1. The number of nitro benzene ring substituents is 1. The van der Waals surface area contributed by atoms with Crippen LogP contribution in [0.1, 0.15) is 12.0 Å². The predicted octanol–water partition coefficient (Wildman–Crippen LogP) is 0.361. The number of esters is 1. The van der Waals surface area contributed by atoms with Crippen LogP contribution in [-0.4, -0.2) is 34.7 Å². The number of benzene rings is 1. The summed E-state index contributed by atoms with van der Waals surface area (Å²) in [5.74, 6) is -0.421. The molecule has 0 aromatic heterocycles. The number of nitro groups is 1. The van der Waals surface area contributed by atoms with Gasteiger partial charge in [-0.2, -0.15) is 0 Å². The number of aliphatic hydroxyl groups excluding tert-OH is 1. The molecule has 0 spiro atoms. The van der Waals surface area contributed by atoms with E-state index in [0.29, 0.717) is 18.5 Å². The van der Waals surface area contributed by atoms with Gasteiger partial charge in [0.25, 0.3) is 5.69 Å². The first-order chi connectivity index (χ1) is 9.06. The van der Waals surface area contributed by atoms with Gasteiger partial charge in [0.05, 0.1) is 11.0 Å². The highest BCUT2D eigenvalue weighted by Crippen LogP contribution is 2.14. The fourth-order valence-corrected chi connectivity index (χ4v) is 1.87. The van der Waals surface area contributed by atoms with Crippen molar-refractivity contribution in [1.82, 2.24) is 5.32 Å². The van der Waals surface area contributed by atoms with Crippen molar-refractivity contribution in [2.75, 3.05) is 6.54 Å². The second-order valence-electron chi connectivity index (χ2n) is 4.38. The van der Waals surface area contributed by atoms with E-state index < -0.39 is 23.0 Å². The third-order valence-corrected chi connectivity index (χ3v) is 2.92. The van der Waals surface area contributed by atoms with Crippen LogP contribution in [-0.2, 0) is 16.1 Å². The molecule has 7 nitrogen and oxygen atoms in total. The Labute approximate surface area is 109 Å². The largest absolute Gasteiger partial charge is 0.460 e. The van der Waals surface area contributed by atoms with E-state index in [9.17, 15) is 20.0 Å². The molecule has 7 heteroatoms. The molecule has 0 radical (unpaired) electrons. The molecule has 2 atom stereocenters. The minimum Gasteiger partial charge on any atom is -0.460 e. The van der Waals surface area contributed by atoms with E-state index in [1.165, 1.54) is 12.1 Å². The fourth-order valence-electron chi connectivity index (χ4n) is 1.87. The van der Waals surface area contributed by atoms with Gasteiger partial charge in [-0.1, -0.05) is 0 Å². The van der Waals surface area contributed by atoms with Crippen LogP contribution in [0.3, 0.4) is 0 Å². The summed E-state index contributed by atoms with van der Waals surface area (Å²) >= 11 is 0. The lowest BCUT2D eigenvalue weighted by atomic mass is 10.2. The average molecular weight is 266 g/mol. The molecular weight excluding hydrogens is 252 g/mol. The average Bonchev–Trinajstić information content (AvgIpc) is 2.83. The van der Waals surface area contributed by atoms with Gasteiger partial charge < -0.3 is 15.2 Å². The predicted molar refractivity (Wildman–Crippen MR) is 65.3 cm³/mol. The van der Waals surface area contributed by atoms with Crippen molar-refractivity contribution < 1.29 is 19.6 Å². The van der Waals surface area contributed by atoms with E-state index in [4.69, 9.17) is 4.74 Å². The molecule has 0 amide bonds. The third-order valence-electron chi connectivity index (χ3n) is 2.92. The fraction of sp³-hybridized carbons (Fsp3) is 0.417. The number of carbonyl (C=O) groups excluding carboxylic acids is 1. The van der Waals surface area contributed by atoms with Crippen LogP contribution in [0.2, 0.25) is 0 Å². The summed E-state index contributed by atoms with van der Waals surface area (Å²) in [7, 11) is 0. The van der Waals surface area contributed by atoms with Crippen molar-refractivity contribution in [1.29, 1.82) is 0 Å². The van der Waals surface area contributed by atoms with Crippen molar-refractivity contribution in [2.45, 2.75) is 25.2 Å². The minimum atomic E-state index is -0.517. The monoisotopic (exact) mass is 266 g/mol. The standard InChI is InChI=1S/C12H14N2O5/c15-10-5-11(13-6-10)12(16)19-7-8-1-3-9(4-2-8)14(17)18/h1-4,10-11,13,15H,5-7H2/t10-,11+/m1/s1. The van der Waals surface area contributed by atoms with Crippen LogP contribution in [0.5, 0.6) is 0 Å². The summed E-state index contributed by atoms with van der Waals surface area (Å²) in [6, 6.07) is 5.33. The van der Waals surface area contributed by atoms with E-state index in [1.807, 2.05) is 0 Å². The molecule has 0 aliphatic carbocycles. The van der Waals surface area contributed by atoms with Crippen LogP contribution in [0.15, 0.2) is 24.3 Å². The van der Waals surface area contributed by atoms with Crippen molar-refractivity contribution in [3.8, 4) is 0 Å². The van der Waals surface area contributed by atoms with Gasteiger partial charge in [-0.15, -0.1) is 0 Å². The van der Waals surface area contributed by atoms with E-state index in [-0.39, 0.29) is 12.3 Å². The number of ether oxygens (including phenoxy) is 1. The number of hydrogen-bond acceptors (Lipinski definition) is 6. The first-order valence-electron chi connectivity index (χ1n) is 5.87. The van der Waals surface area contributed by atoms with Gasteiger partial charge in [0.15, 0.2) is 0 Å². The van der Waals surface area contributed by atoms with Gasteiger partial charge >= 0.3 is 5.97 Å². The van der Waals surface area contributed by atoms with Crippen molar-refractivity contribution in [2.24, 2.45) is 0 Å². The highest BCUT2D eigenvalue weighted by Gasteiger charge is 2.29. The number of carbonyl (C=O) groups is 1. The summed E-state index contributed by atoms with van der Waals surface area (Å²) in [6.45, 7) is 0.447. The zero-order valence-electron chi connectivity index (χ0n) is 10.1.